The van der Waals surface area contributed by atoms with Gasteiger partial charge in [0.25, 0.3) is 5.91 Å². The van der Waals surface area contributed by atoms with Crippen LogP contribution in [0.25, 0.3) is 0 Å². The van der Waals surface area contributed by atoms with Gasteiger partial charge in [-0.25, -0.2) is 0 Å². The van der Waals surface area contributed by atoms with Gasteiger partial charge in [-0.1, -0.05) is 19.1 Å². The number of para-hydroxylation sites is 2. The van der Waals surface area contributed by atoms with Crippen LogP contribution < -0.4 is 14.8 Å². The number of amides is 1. The standard InChI is InChI=1S/C17H24N2O4/c1-2-8-19(17(20)16-10-18-7-9-21-16)11-13-12-22-14-5-3-4-6-15(14)23-13/h3-6,13,16,18H,2,7-12H2,1H3/t13?,16-/m1/s1. The van der Waals surface area contributed by atoms with E-state index in [-0.39, 0.29) is 12.0 Å². The molecule has 1 amide bonds. The summed E-state index contributed by atoms with van der Waals surface area (Å²) < 4.78 is 17.3. The van der Waals surface area contributed by atoms with Crippen molar-refractivity contribution in [2.24, 2.45) is 0 Å². The van der Waals surface area contributed by atoms with Crippen LogP contribution in [0.1, 0.15) is 13.3 Å². The summed E-state index contributed by atoms with van der Waals surface area (Å²) in [5.41, 5.74) is 0. The number of morpholine rings is 1. The van der Waals surface area contributed by atoms with E-state index in [4.69, 9.17) is 14.2 Å². The molecule has 2 aliphatic heterocycles. The molecule has 3 rings (SSSR count). The molecular weight excluding hydrogens is 296 g/mol. The molecule has 126 valence electrons. The summed E-state index contributed by atoms with van der Waals surface area (Å²) in [5, 5.41) is 3.20. The molecule has 0 aromatic heterocycles. The summed E-state index contributed by atoms with van der Waals surface area (Å²) in [6.45, 7) is 5.67. The Hall–Kier alpha value is -1.79. The monoisotopic (exact) mass is 320 g/mol. The van der Waals surface area contributed by atoms with Gasteiger partial charge in [-0.2, -0.15) is 0 Å². The minimum Gasteiger partial charge on any atom is -0.486 e. The lowest BCUT2D eigenvalue weighted by atomic mass is 10.2. The molecule has 6 heteroatoms. The lowest BCUT2D eigenvalue weighted by Crippen LogP contribution is -2.52. The maximum Gasteiger partial charge on any atom is 0.253 e. The Morgan fingerprint density at radius 2 is 2.17 bits per heavy atom. The number of nitrogens with zero attached hydrogens (tertiary/aromatic N) is 1. The third-order valence-corrected chi connectivity index (χ3v) is 4.00. The molecule has 0 saturated carbocycles. The molecule has 23 heavy (non-hydrogen) atoms. The van der Waals surface area contributed by atoms with Crippen LogP contribution in [0.15, 0.2) is 24.3 Å². The molecule has 2 atom stereocenters. The molecule has 0 aliphatic carbocycles. The van der Waals surface area contributed by atoms with Gasteiger partial charge in [-0.15, -0.1) is 0 Å². The maximum atomic E-state index is 12.7. The van der Waals surface area contributed by atoms with Gasteiger partial charge in [-0.05, 0) is 18.6 Å². The third kappa shape index (κ3) is 3.95. The highest BCUT2D eigenvalue weighted by Gasteiger charge is 2.30. The number of carbonyl (C=O) groups is 1. The highest BCUT2D eigenvalue weighted by molar-refractivity contribution is 5.81. The predicted octanol–water partition coefficient (Wildman–Crippen LogP) is 1.05. The molecule has 2 heterocycles. The van der Waals surface area contributed by atoms with E-state index >= 15 is 0 Å². The van der Waals surface area contributed by atoms with Crippen LogP contribution in [-0.2, 0) is 9.53 Å². The summed E-state index contributed by atoms with van der Waals surface area (Å²) in [6.07, 6.45) is 0.347. The van der Waals surface area contributed by atoms with Crippen molar-refractivity contribution in [1.29, 1.82) is 0 Å². The number of carbonyl (C=O) groups excluding carboxylic acids is 1. The molecule has 0 bridgehead atoms. The molecule has 1 unspecified atom stereocenters. The minimum atomic E-state index is -0.396. The van der Waals surface area contributed by atoms with Gasteiger partial charge < -0.3 is 24.4 Å². The van der Waals surface area contributed by atoms with E-state index in [1.807, 2.05) is 29.2 Å². The second kappa shape index (κ2) is 7.66. The molecule has 0 radical (unpaired) electrons. The second-order valence-electron chi connectivity index (χ2n) is 5.85. The quantitative estimate of drug-likeness (QED) is 0.879. The first kappa shape index (κ1) is 16.1. The Morgan fingerprint density at radius 1 is 1.35 bits per heavy atom. The van der Waals surface area contributed by atoms with E-state index in [9.17, 15) is 4.79 Å². The summed E-state index contributed by atoms with van der Waals surface area (Å²) in [5.74, 6) is 1.53. The fourth-order valence-electron chi connectivity index (χ4n) is 2.89. The summed E-state index contributed by atoms with van der Waals surface area (Å²) in [4.78, 5) is 14.5. The smallest absolute Gasteiger partial charge is 0.253 e. The average molecular weight is 320 g/mol. The maximum absolute atomic E-state index is 12.7. The zero-order valence-electron chi connectivity index (χ0n) is 13.5. The highest BCUT2D eigenvalue weighted by Crippen LogP contribution is 2.31. The molecule has 6 nitrogen and oxygen atoms in total. The summed E-state index contributed by atoms with van der Waals surface area (Å²) in [7, 11) is 0. The summed E-state index contributed by atoms with van der Waals surface area (Å²) in [6, 6.07) is 7.62. The fraction of sp³-hybridized carbons (Fsp3) is 0.588. The van der Waals surface area contributed by atoms with Crippen molar-refractivity contribution in [2.45, 2.75) is 25.6 Å². The second-order valence-corrected chi connectivity index (χ2v) is 5.85. The number of benzene rings is 1. The molecule has 0 spiro atoms. The lowest BCUT2D eigenvalue weighted by molar-refractivity contribution is -0.146. The third-order valence-electron chi connectivity index (χ3n) is 4.00. The highest BCUT2D eigenvalue weighted by atomic mass is 16.6. The van der Waals surface area contributed by atoms with Crippen LogP contribution in [0.5, 0.6) is 11.5 Å². The van der Waals surface area contributed by atoms with E-state index in [1.165, 1.54) is 0 Å². The zero-order chi connectivity index (χ0) is 16.1. The fourth-order valence-corrected chi connectivity index (χ4v) is 2.89. The van der Waals surface area contributed by atoms with Crippen molar-refractivity contribution in [3.05, 3.63) is 24.3 Å². The normalized spacial score (nSPS) is 23.3. The van der Waals surface area contributed by atoms with Crippen molar-refractivity contribution < 1.29 is 19.0 Å². The van der Waals surface area contributed by atoms with Crippen LogP contribution in [0, 0.1) is 0 Å². The molecular formula is C17H24N2O4. The van der Waals surface area contributed by atoms with Crippen LogP contribution in [-0.4, -0.2) is 62.4 Å². The first-order valence-corrected chi connectivity index (χ1v) is 8.27. The Kier molecular flexibility index (Phi) is 5.35. The predicted molar refractivity (Wildman–Crippen MR) is 85.8 cm³/mol. The molecule has 1 aromatic carbocycles. The Bertz CT molecular complexity index is 531. The molecule has 1 fully saturated rings. The zero-order valence-corrected chi connectivity index (χ0v) is 13.5. The van der Waals surface area contributed by atoms with Gasteiger partial charge >= 0.3 is 0 Å². The topological polar surface area (TPSA) is 60.0 Å². The van der Waals surface area contributed by atoms with E-state index < -0.39 is 6.10 Å². The number of fused-ring (bicyclic) bond motifs is 1. The van der Waals surface area contributed by atoms with Gasteiger partial charge in [0.2, 0.25) is 0 Å². The van der Waals surface area contributed by atoms with Crippen molar-refractivity contribution >= 4 is 5.91 Å². The van der Waals surface area contributed by atoms with E-state index in [1.54, 1.807) is 0 Å². The van der Waals surface area contributed by atoms with Crippen molar-refractivity contribution in [2.75, 3.05) is 39.4 Å². The number of nitrogens with one attached hydrogen (secondary N) is 1. The van der Waals surface area contributed by atoms with Crippen LogP contribution in [0.4, 0.5) is 0 Å². The van der Waals surface area contributed by atoms with Gasteiger partial charge in [0.15, 0.2) is 17.6 Å². The number of hydrogen-bond donors (Lipinski definition) is 1. The van der Waals surface area contributed by atoms with Crippen molar-refractivity contribution in [1.82, 2.24) is 10.2 Å². The number of hydrogen-bond acceptors (Lipinski definition) is 5. The van der Waals surface area contributed by atoms with Crippen LogP contribution >= 0.6 is 0 Å². The van der Waals surface area contributed by atoms with E-state index in [0.29, 0.717) is 32.8 Å². The SMILES string of the molecule is CCCN(CC1COc2ccccc2O1)C(=O)[C@H]1CNCCO1. The number of ether oxygens (including phenoxy) is 3. The Labute approximate surface area is 136 Å². The lowest BCUT2D eigenvalue weighted by Gasteiger charge is -2.34. The Balaban J connectivity index is 1.62. The van der Waals surface area contributed by atoms with Crippen molar-refractivity contribution in [3.63, 3.8) is 0 Å². The first-order valence-electron chi connectivity index (χ1n) is 8.27. The van der Waals surface area contributed by atoms with Gasteiger partial charge in [-0.3, -0.25) is 4.79 Å². The first-order chi connectivity index (χ1) is 11.3. The van der Waals surface area contributed by atoms with Crippen LogP contribution in [0.3, 0.4) is 0 Å². The minimum absolute atomic E-state index is 0.0292. The average Bonchev–Trinajstić information content (AvgIpc) is 2.61. The molecule has 1 N–H and O–H groups in total. The molecule has 2 aliphatic rings. The van der Waals surface area contributed by atoms with Gasteiger partial charge in [0, 0.05) is 19.6 Å². The van der Waals surface area contributed by atoms with Crippen LogP contribution in [0.2, 0.25) is 0 Å². The van der Waals surface area contributed by atoms with E-state index in [0.717, 1.165) is 24.5 Å². The molecule has 1 aromatic rings. The van der Waals surface area contributed by atoms with Gasteiger partial charge in [0.05, 0.1) is 13.2 Å². The van der Waals surface area contributed by atoms with E-state index in [2.05, 4.69) is 12.2 Å². The number of rotatable bonds is 5. The van der Waals surface area contributed by atoms with Gasteiger partial charge in [0.1, 0.15) is 12.7 Å². The largest absolute Gasteiger partial charge is 0.486 e. The molecule has 1 saturated heterocycles. The van der Waals surface area contributed by atoms with Crippen molar-refractivity contribution in [3.8, 4) is 11.5 Å². The summed E-state index contributed by atoms with van der Waals surface area (Å²) >= 11 is 0. The Morgan fingerprint density at radius 3 is 2.91 bits per heavy atom.